The van der Waals surface area contributed by atoms with Crippen LogP contribution in [0.5, 0.6) is 0 Å². The van der Waals surface area contributed by atoms with Crippen LogP contribution in [-0.2, 0) is 18.4 Å². The van der Waals surface area contributed by atoms with E-state index in [1.165, 1.54) is 0 Å². The normalized spacial score (nSPS) is 27.1. The van der Waals surface area contributed by atoms with Crippen LogP contribution in [0.2, 0.25) is 45.3 Å². The molecular weight excluding hydrogens is 385 g/mol. The molecule has 1 aliphatic heterocycles. The average molecular weight is 421 g/mol. The fraction of sp³-hybridized carbons (Fsp3) is 0.812. The molecule has 0 saturated carbocycles. The summed E-state index contributed by atoms with van der Waals surface area (Å²) in [4.78, 5) is 21.6. The molecule has 146 valence electrons. The zero-order chi connectivity index (χ0) is 19.7. The van der Waals surface area contributed by atoms with E-state index in [4.69, 9.17) is 18.4 Å². The molecule has 0 bridgehead atoms. The van der Waals surface area contributed by atoms with Crippen molar-refractivity contribution in [1.29, 1.82) is 0 Å². The summed E-state index contributed by atoms with van der Waals surface area (Å²) < 4.78 is 18.4. The predicted molar refractivity (Wildman–Crippen MR) is 113 cm³/mol. The Bertz CT molecular complexity index is 539. The fourth-order valence-electron chi connectivity index (χ4n) is 3.34. The third kappa shape index (κ3) is 5.63. The number of ether oxygens (including phenoxy) is 1. The van der Waals surface area contributed by atoms with Crippen LogP contribution in [-0.4, -0.2) is 56.1 Å². The molecule has 1 unspecified atom stereocenters. The summed E-state index contributed by atoms with van der Waals surface area (Å²) in [6.07, 6.45) is 1.13. The van der Waals surface area contributed by atoms with Gasteiger partial charge in [0.1, 0.15) is 6.23 Å². The van der Waals surface area contributed by atoms with Gasteiger partial charge in [0, 0.05) is 0 Å². The van der Waals surface area contributed by atoms with Crippen molar-refractivity contribution >= 4 is 39.5 Å². The zero-order valence-corrected chi connectivity index (χ0v) is 21.8. The van der Waals surface area contributed by atoms with Crippen LogP contribution in [0.1, 0.15) is 27.2 Å². The molecule has 0 amide bonds. The van der Waals surface area contributed by atoms with Crippen molar-refractivity contribution in [3.63, 3.8) is 0 Å². The lowest BCUT2D eigenvalue weighted by Crippen LogP contribution is -2.68. The lowest BCUT2D eigenvalue weighted by Gasteiger charge is -2.52. The summed E-state index contributed by atoms with van der Waals surface area (Å²) in [5.74, 6) is -0.349. The lowest BCUT2D eigenvalue weighted by molar-refractivity contribution is -0.137. The lowest BCUT2D eigenvalue weighted by atomic mass is 10.1. The van der Waals surface area contributed by atoms with Crippen molar-refractivity contribution in [2.75, 3.05) is 6.23 Å². The number of hydrogen-bond donors (Lipinski definition) is 1. The molecule has 0 aromatic rings. The maximum atomic E-state index is 12.5. The van der Waals surface area contributed by atoms with Crippen LogP contribution < -0.4 is 0 Å². The summed E-state index contributed by atoms with van der Waals surface area (Å²) in [5, 5.41) is 0.892. The molecule has 1 aliphatic rings. The van der Waals surface area contributed by atoms with E-state index in [1.807, 2.05) is 6.92 Å². The fourth-order valence-corrected chi connectivity index (χ4v) is 17.7. The van der Waals surface area contributed by atoms with Crippen molar-refractivity contribution in [2.24, 2.45) is 0 Å². The van der Waals surface area contributed by atoms with Gasteiger partial charge in [-0.2, -0.15) is 0 Å². The molecule has 0 aliphatic carbocycles. The highest BCUT2D eigenvalue weighted by Crippen LogP contribution is 2.44. The van der Waals surface area contributed by atoms with Crippen LogP contribution in [0.3, 0.4) is 0 Å². The highest BCUT2D eigenvalue weighted by molar-refractivity contribution is 7.41. The molecular formula is C16H36O5Si4. The largest absolute Gasteiger partial charge is 0.551 e. The first-order valence-corrected chi connectivity index (χ1v) is 20.7. The molecule has 1 N–H and O–H groups in total. The van der Waals surface area contributed by atoms with Gasteiger partial charge < -0.3 is 18.4 Å². The average Bonchev–Trinajstić information content (AvgIpc) is 2.44. The second-order valence-electron chi connectivity index (χ2n) is 9.23. The summed E-state index contributed by atoms with van der Waals surface area (Å²) in [6.45, 7) is 19.4. The van der Waals surface area contributed by atoms with Gasteiger partial charge in [0.2, 0.25) is 8.32 Å². The molecule has 1 rings (SSSR count). The Labute approximate surface area is 158 Å². The van der Waals surface area contributed by atoms with E-state index >= 15 is 0 Å². The van der Waals surface area contributed by atoms with Crippen LogP contribution >= 0.6 is 0 Å². The summed E-state index contributed by atoms with van der Waals surface area (Å²) >= 11 is 0. The highest BCUT2D eigenvalue weighted by atomic mass is 29.3. The van der Waals surface area contributed by atoms with E-state index in [2.05, 4.69) is 53.1 Å². The first kappa shape index (κ1) is 22.8. The summed E-state index contributed by atoms with van der Waals surface area (Å²) in [5.41, 5.74) is 0.478. The van der Waals surface area contributed by atoms with Gasteiger partial charge in [-0.25, -0.2) is 4.79 Å². The van der Waals surface area contributed by atoms with Crippen molar-refractivity contribution in [2.45, 2.75) is 78.1 Å². The van der Waals surface area contributed by atoms with E-state index in [0.717, 1.165) is 17.8 Å². The number of hydrogen-bond acceptors (Lipinski definition) is 5. The summed E-state index contributed by atoms with van der Waals surface area (Å²) in [6, 6.07) is 1.07. The molecule has 1 fully saturated rings. The Balaban J connectivity index is 3.39. The molecule has 0 aromatic carbocycles. The predicted octanol–water partition coefficient (Wildman–Crippen LogP) is 2.79. The van der Waals surface area contributed by atoms with Gasteiger partial charge in [0.15, 0.2) is 25.2 Å². The zero-order valence-electron chi connectivity index (χ0n) is 17.4. The maximum absolute atomic E-state index is 12.5. The number of carbonyl (C=O) groups excluding carboxylic acids is 1. The second-order valence-corrected chi connectivity index (χ2v) is 28.3. The molecule has 25 heavy (non-hydrogen) atoms. The molecule has 1 heterocycles. The van der Waals surface area contributed by atoms with Gasteiger partial charge in [-0.1, -0.05) is 6.55 Å². The van der Waals surface area contributed by atoms with Gasteiger partial charge >= 0.3 is 5.97 Å². The third-order valence-corrected chi connectivity index (χ3v) is 22.5. The quantitative estimate of drug-likeness (QED) is 0.310. The minimum Gasteiger partial charge on any atom is -0.551 e. The first-order chi connectivity index (χ1) is 11.2. The number of carbonyl (C=O) groups is 1. The van der Waals surface area contributed by atoms with E-state index in [0.29, 0.717) is 5.57 Å². The van der Waals surface area contributed by atoms with Gasteiger partial charge in [-0.3, -0.25) is 0 Å². The summed E-state index contributed by atoms with van der Waals surface area (Å²) in [7, 11) is -7.34. The third-order valence-electron chi connectivity index (χ3n) is 4.97. The van der Waals surface area contributed by atoms with Gasteiger partial charge in [-0.05, 0) is 66.0 Å². The smallest absolute Gasteiger partial charge is 0.336 e. The number of rotatable bonds is 6. The Morgan fingerprint density at radius 3 is 2.28 bits per heavy atom. The van der Waals surface area contributed by atoms with Crippen molar-refractivity contribution in [3.05, 3.63) is 11.0 Å². The van der Waals surface area contributed by atoms with Crippen LogP contribution in [0.25, 0.3) is 0 Å². The van der Waals surface area contributed by atoms with Crippen molar-refractivity contribution < 1.29 is 23.2 Å². The van der Waals surface area contributed by atoms with Crippen LogP contribution in [0, 0.1) is 0 Å². The molecule has 1 saturated heterocycles. The van der Waals surface area contributed by atoms with E-state index < -0.39 is 33.5 Å². The van der Waals surface area contributed by atoms with Gasteiger partial charge in [0.25, 0.3) is 0 Å². The minimum absolute atomic E-state index is 0.108. The Hall–Kier alpha value is -0.202. The maximum Gasteiger partial charge on any atom is 0.336 e. The molecule has 0 aromatic heterocycles. The second kappa shape index (κ2) is 7.81. The molecule has 9 heteroatoms. The van der Waals surface area contributed by atoms with Crippen LogP contribution in [0.15, 0.2) is 11.0 Å². The molecule has 0 spiro atoms. The van der Waals surface area contributed by atoms with Crippen molar-refractivity contribution in [3.8, 4) is 0 Å². The van der Waals surface area contributed by atoms with E-state index in [-0.39, 0.29) is 17.8 Å². The monoisotopic (exact) mass is 420 g/mol. The van der Waals surface area contributed by atoms with Gasteiger partial charge in [0.05, 0.1) is 16.6 Å². The van der Waals surface area contributed by atoms with Crippen molar-refractivity contribution in [1.82, 2.24) is 0 Å². The molecule has 5 nitrogen and oxygen atoms in total. The van der Waals surface area contributed by atoms with Crippen LogP contribution in [0.4, 0.5) is 0 Å². The molecule has 1 atom stereocenters. The van der Waals surface area contributed by atoms with E-state index in [9.17, 15) is 4.79 Å². The highest BCUT2D eigenvalue weighted by Gasteiger charge is 2.57. The van der Waals surface area contributed by atoms with Gasteiger partial charge in [-0.15, -0.1) is 0 Å². The number of esters is 1. The van der Waals surface area contributed by atoms with E-state index in [1.54, 1.807) is 0 Å². The topological polar surface area (TPSA) is 65.0 Å². The Kier molecular flexibility index (Phi) is 7.13. The Morgan fingerprint density at radius 2 is 1.84 bits per heavy atom. The standard InChI is InChI=1S/C16H36O5Si4/c1-13(14(17)19-12-22-18)15(20-23(4,5)6)25(9)11-10-16(2,3)21-24(25,7)8/h18H,10-12,22H2,1-9H3. The molecule has 0 radical (unpaired) electrons. The minimum atomic E-state index is -2.10. The SMILES string of the molecule is CC(C(=O)OC[SiH2]O)=C(O[Si](C)(C)C)[Si]1(C)CCC(C)(C)O[Si]1(C)C. The first-order valence-electron chi connectivity index (χ1n) is 9.04. The Morgan fingerprint density at radius 1 is 1.28 bits per heavy atom.